The molecule has 0 bridgehead atoms. The van der Waals surface area contributed by atoms with Crippen LogP contribution in [0.1, 0.15) is 10.4 Å². The highest BCUT2D eigenvalue weighted by Gasteiger charge is 2.10. The van der Waals surface area contributed by atoms with Gasteiger partial charge >= 0.3 is 0 Å². The van der Waals surface area contributed by atoms with Gasteiger partial charge in [0.2, 0.25) is 0 Å². The summed E-state index contributed by atoms with van der Waals surface area (Å²) in [5.41, 5.74) is 0.277. The van der Waals surface area contributed by atoms with Crippen LogP contribution in [0, 0.1) is 11.6 Å². The Morgan fingerprint density at radius 2 is 1.90 bits per heavy atom. The summed E-state index contributed by atoms with van der Waals surface area (Å²) in [5, 5.41) is 5.16. The number of amides is 1. The Morgan fingerprint density at radius 1 is 1.14 bits per heavy atom. The predicted molar refractivity (Wildman–Crippen MR) is 81.5 cm³/mol. The van der Waals surface area contributed by atoms with Gasteiger partial charge in [-0.05, 0) is 42.5 Å². The lowest BCUT2D eigenvalue weighted by Crippen LogP contribution is -2.34. The van der Waals surface area contributed by atoms with Crippen LogP contribution in [0.5, 0.6) is 0 Å². The van der Waals surface area contributed by atoms with Gasteiger partial charge < -0.3 is 5.32 Å². The molecular weight excluding hydrogens is 318 g/mol. The van der Waals surface area contributed by atoms with Crippen molar-refractivity contribution in [2.75, 3.05) is 5.32 Å². The van der Waals surface area contributed by atoms with Gasteiger partial charge in [0.05, 0.1) is 5.69 Å². The van der Waals surface area contributed by atoms with E-state index in [1.807, 2.05) is 0 Å². The van der Waals surface area contributed by atoms with Crippen LogP contribution in [0.4, 0.5) is 14.5 Å². The summed E-state index contributed by atoms with van der Waals surface area (Å²) >= 11 is 10.7. The van der Waals surface area contributed by atoms with Crippen molar-refractivity contribution in [3.05, 3.63) is 64.7 Å². The predicted octanol–water partition coefficient (Wildman–Crippen LogP) is 3.75. The Labute approximate surface area is 129 Å². The average Bonchev–Trinajstić information content (AvgIpc) is 2.42. The summed E-state index contributed by atoms with van der Waals surface area (Å²) in [6, 6.07) is 9.25. The second-order valence-electron chi connectivity index (χ2n) is 4.04. The number of thiocarbonyl (C=S) groups is 1. The van der Waals surface area contributed by atoms with E-state index < -0.39 is 17.5 Å². The average molecular weight is 327 g/mol. The number of nitrogens with one attached hydrogen (secondary N) is 2. The molecule has 2 aromatic rings. The molecule has 108 valence electrons. The van der Waals surface area contributed by atoms with E-state index in [1.165, 1.54) is 12.1 Å². The van der Waals surface area contributed by atoms with E-state index in [0.29, 0.717) is 16.7 Å². The summed E-state index contributed by atoms with van der Waals surface area (Å²) in [4.78, 5) is 11.9. The van der Waals surface area contributed by atoms with Crippen molar-refractivity contribution in [1.82, 2.24) is 5.32 Å². The first-order chi connectivity index (χ1) is 9.95. The molecule has 0 fully saturated rings. The number of carbonyl (C=O) groups is 1. The Bertz CT molecular complexity index is 709. The molecule has 0 spiro atoms. The number of anilines is 1. The van der Waals surface area contributed by atoms with Crippen LogP contribution in [0.2, 0.25) is 5.02 Å². The number of carbonyl (C=O) groups excluding carboxylic acids is 1. The molecule has 0 saturated carbocycles. The number of hydrogen-bond acceptors (Lipinski definition) is 2. The van der Waals surface area contributed by atoms with Gasteiger partial charge in [-0.1, -0.05) is 17.7 Å². The molecular formula is C14H9ClF2N2OS. The zero-order valence-electron chi connectivity index (χ0n) is 10.5. The lowest BCUT2D eigenvalue weighted by atomic mass is 10.2. The van der Waals surface area contributed by atoms with Crippen molar-refractivity contribution in [3.63, 3.8) is 0 Å². The summed E-state index contributed by atoms with van der Waals surface area (Å²) in [6.45, 7) is 0. The first-order valence-electron chi connectivity index (χ1n) is 5.78. The maximum atomic E-state index is 13.4. The standard InChI is InChI=1S/C14H9ClF2N2OS/c15-9-3-1-2-8(6-9)13(20)19-14(21)18-12-5-4-10(16)7-11(12)17/h1-7H,(H2,18,19,20,21). The third-order valence-corrected chi connectivity index (χ3v) is 2.93. The fraction of sp³-hybridized carbons (Fsp3) is 0. The molecule has 0 saturated heterocycles. The molecule has 0 aliphatic carbocycles. The van der Waals surface area contributed by atoms with Gasteiger partial charge in [0.25, 0.3) is 5.91 Å². The van der Waals surface area contributed by atoms with Gasteiger partial charge in [-0.3, -0.25) is 10.1 Å². The van der Waals surface area contributed by atoms with Gasteiger partial charge in [0.15, 0.2) is 5.11 Å². The summed E-state index contributed by atoms with van der Waals surface area (Å²) in [7, 11) is 0. The maximum absolute atomic E-state index is 13.4. The van der Waals surface area contributed by atoms with E-state index in [2.05, 4.69) is 10.6 Å². The molecule has 2 aromatic carbocycles. The zero-order chi connectivity index (χ0) is 15.4. The maximum Gasteiger partial charge on any atom is 0.257 e. The van der Waals surface area contributed by atoms with E-state index in [1.54, 1.807) is 18.2 Å². The van der Waals surface area contributed by atoms with Crippen LogP contribution in [0.15, 0.2) is 42.5 Å². The van der Waals surface area contributed by atoms with Gasteiger partial charge in [0, 0.05) is 16.7 Å². The number of benzene rings is 2. The highest BCUT2D eigenvalue weighted by molar-refractivity contribution is 7.80. The molecule has 0 unspecified atom stereocenters. The lowest BCUT2D eigenvalue weighted by molar-refractivity contribution is 0.0977. The van der Waals surface area contributed by atoms with Gasteiger partial charge in [-0.2, -0.15) is 0 Å². The molecule has 3 nitrogen and oxygen atoms in total. The monoisotopic (exact) mass is 326 g/mol. The number of halogens is 3. The third kappa shape index (κ3) is 4.21. The van der Waals surface area contributed by atoms with Crippen LogP contribution in [-0.4, -0.2) is 11.0 Å². The summed E-state index contributed by atoms with van der Waals surface area (Å²) in [6.07, 6.45) is 0. The Balaban J connectivity index is 2.03. The van der Waals surface area contributed by atoms with Crippen molar-refractivity contribution in [2.45, 2.75) is 0 Å². The second kappa shape index (κ2) is 6.60. The van der Waals surface area contributed by atoms with E-state index >= 15 is 0 Å². The highest BCUT2D eigenvalue weighted by atomic mass is 35.5. The van der Waals surface area contributed by atoms with Gasteiger partial charge in [-0.25, -0.2) is 8.78 Å². The summed E-state index contributed by atoms with van der Waals surface area (Å²) < 4.78 is 26.2. The van der Waals surface area contributed by atoms with E-state index in [9.17, 15) is 13.6 Å². The Kier molecular flexibility index (Phi) is 4.82. The van der Waals surface area contributed by atoms with Crippen molar-refractivity contribution >= 4 is 40.5 Å². The fourth-order valence-corrected chi connectivity index (χ4v) is 1.94. The molecule has 0 atom stereocenters. The van der Waals surface area contributed by atoms with Crippen molar-refractivity contribution in [1.29, 1.82) is 0 Å². The smallest absolute Gasteiger partial charge is 0.257 e. The minimum absolute atomic E-state index is 0.0344. The fourth-order valence-electron chi connectivity index (χ4n) is 1.55. The number of hydrogen-bond donors (Lipinski definition) is 2. The molecule has 7 heteroatoms. The molecule has 21 heavy (non-hydrogen) atoms. The van der Waals surface area contributed by atoms with Crippen LogP contribution in [0.3, 0.4) is 0 Å². The molecule has 2 rings (SSSR count). The van der Waals surface area contributed by atoms with Crippen LogP contribution in [0.25, 0.3) is 0 Å². The zero-order valence-corrected chi connectivity index (χ0v) is 12.1. The molecule has 0 aliphatic rings. The molecule has 0 radical (unpaired) electrons. The quantitative estimate of drug-likeness (QED) is 0.826. The minimum Gasteiger partial charge on any atom is -0.330 e. The molecule has 0 aromatic heterocycles. The molecule has 2 N–H and O–H groups in total. The van der Waals surface area contributed by atoms with E-state index in [-0.39, 0.29) is 10.8 Å². The highest BCUT2D eigenvalue weighted by Crippen LogP contribution is 2.15. The van der Waals surface area contributed by atoms with Crippen molar-refractivity contribution in [2.24, 2.45) is 0 Å². The SMILES string of the molecule is O=C(NC(=S)Nc1ccc(F)cc1F)c1cccc(Cl)c1. The first-order valence-corrected chi connectivity index (χ1v) is 6.57. The van der Waals surface area contributed by atoms with E-state index in [0.717, 1.165) is 6.07 Å². The van der Waals surface area contributed by atoms with Gasteiger partial charge in [0.1, 0.15) is 11.6 Å². The minimum atomic E-state index is -0.811. The largest absolute Gasteiger partial charge is 0.330 e. The summed E-state index contributed by atoms with van der Waals surface area (Å²) in [5.74, 6) is -2.00. The van der Waals surface area contributed by atoms with Gasteiger partial charge in [-0.15, -0.1) is 0 Å². The molecule has 1 amide bonds. The van der Waals surface area contributed by atoms with Crippen LogP contribution in [-0.2, 0) is 0 Å². The first kappa shape index (κ1) is 15.3. The normalized spacial score (nSPS) is 10.0. The van der Waals surface area contributed by atoms with E-state index in [4.69, 9.17) is 23.8 Å². The second-order valence-corrected chi connectivity index (χ2v) is 4.89. The van der Waals surface area contributed by atoms with Crippen LogP contribution >= 0.6 is 23.8 Å². The Hall–Kier alpha value is -2.05. The topological polar surface area (TPSA) is 41.1 Å². The lowest BCUT2D eigenvalue weighted by Gasteiger charge is -2.10. The number of rotatable bonds is 2. The van der Waals surface area contributed by atoms with Crippen LogP contribution < -0.4 is 10.6 Å². The van der Waals surface area contributed by atoms with Crippen molar-refractivity contribution in [3.8, 4) is 0 Å². The Morgan fingerprint density at radius 3 is 2.57 bits per heavy atom. The third-order valence-electron chi connectivity index (χ3n) is 2.49. The van der Waals surface area contributed by atoms with Crippen molar-refractivity contribution < 1.29 is 13.6 Å². The molecule has 0 heterocycles. The molecule has 0 aliphatic heterocycles.